The first-order valence-electron chi connectivity index (χ1n) is 7.29. The van der Waals surface area contributed by atoms with E-state index in [9.17, 15) is 0 Å². The van der Waals surface area contributed by atoms with Gasteiger partial charge in [-0.15, -0.1) is 10.2 Å². The lowest BCUT2D eigenvalue weighted by Crippen LogP contribution is -1.96. The Hall–Kier alpha value is -2.94. The summed E-state index contributed by atoms with van der Waals surface area (Å²) in [6.07, 6.45) is 0. The number of fused-ring (bicyclic) bond motifs is 2. The zero-order chi connectivity index (χ0) is 14.9. The van der Waals surface area contributed by atoms with E-state index in [4.69, 9.17) is 0 Å². The van der Waals surface area contributed by atoms with E-state index in [-0.39, 0.29) is 0 Å². The SMILES string of the molecule is CNc1ccc(-c2c3ccccc3cc3ccccc23)nn1. The highest BCUT2D eigenvalue weighted by Crippen LogP contribution is 2.35. The molecule has 0 unspecified atom stereocenters. The van der Waals surface area contributed by atoms with Gasteiger partial charge in [0.1, 0.15) is 5.82 Å². The lowest BCUT2D eigenvalue weighted by atomic mass is 9.95. The Labute approximate surface area is 128 Å². The van der Waals surface area contributed by atoms with Gasteiger partial charge in [0.25, 0.3) is 0 Å². The van der Waals surface area contributed by atoms with Gasteiger partial charge >= 0.3 is 0 Å². The van der Waals surface area contributed by atoms with Crippen LogP contribution in [0, 0.1) is 0 Å². The first-order valence-corrected chi connectivity index (χ1v) is 7.29. The van der Waals surface area contributed by atoms with Gasteiger partial charge in [-0.3, -0.25) is 0 Å². The molecule has 0 radical (unpaired) electrons. The van der Waals surface area contributed by atoms with Crippen molar-refractivity contribution < 1.29 is 0 Å². The van der Waals surface area contributed by atoms with Gasteiger partial charge in [-0.2, -0.15) is 0 Å². The summed E-state index contributed by atoms with van der Waals surface area (Å²) in [6.45, 7) is 0. The molecule has 0 saturated heterocycles. The summed E-state index contributed by atoms with van der Waals surface area (Å²) >= 11 is 0. The number of hydrogen-bond acceptors (Lipinski definition) is 3. The summed E-state index contributed by atoms with van der Waals surface area (Å²) < 4.78 is 0. The van der Waals surface area contributed by atoms with Crippen LogP contribution in [0.1, 0.15) is 0 Å². The minimum atomic E-state index is 0.772. The number of hydrogen-bond donors (Lipinski definition) is 1. The number of aromatic nitrogens is 2. The summed E-state index contributed by atoms with van der Waals surface area (Å²) in [4.78, 5) is 0. The van der Waals surface area contributed by atoms with Crippen LogP contribution in [0.2, 0.25) is 0 Å². The van der Waals surface area contributed by atoms with Crippen LogP contribution in [0.4, 0.5) is 5.82 Å². The molecule has 0 amide bonds. The van der Waals surface area contributed by atoms with Crippen LogP contribution in [-0.2, 0) is 0 Å². The standard InChI is InChI=1S/C19H15N3/c1-20-18-11-10-17(21-22-18)19-15-8-4-2-6-13(15)12-14-7-3-5-9-16(14)19/h2-12H,1H3,(H,20,22). The molecule has 106 valence electrons. The minimum Gasteiger partial charge on any atom is -0.372 e. The van der Waals surface area contributed by atoms with Gasteiger partial charge in [0.05, 0.1) is 5.69 Å². The van der Waals surface area contributed by atoms with Crippen LogP contribution < -0.4 is 5.32 Å². The second-order valence-electron chi connectivity index (χ2n) is 5.25. The van der Waals surface area contributed by atoms with E-state index in [1.54, 1.807) is 0 Å². The molecular weight excluding hydrogens is 270 g/mol. The van der Waals surface area contributed by atoms with Crippen LogP contribution in [0.25, 0.3) is 32.8 Å². The van der Waals surface area contributed by atoms with Crippen molar-refractivity contribution in [3.05, 3.63) is 66.7 Å². The maximum Gasteiger partial charge on any atom is 0.148 e. The van der Waals surface area contributed by atoms with E-state index in [1.165, 1.54) is 21.5 Å². The van der Waals surface area contributed by atoms with Crippen LogP contribution in [0.3, 0.4) is 0 Å². The third-order valence-electron chi connectivity index (χ3n) is 3.95. The number of nitrogens with one attached hydrogen (secondary N) is 1. The van der Waals surface area contributed by atoms with Crippen molar-refractivity contribution in [3.63, 3.8) is 0 Å². The predicted molar refractivity (Wildman–Crippen MR) is 92.0 cm³/mol. The zero-order valence-corrected chi connectivity index (χ0v) is 12.2. The first-order chi connectivity index (χ1) is 10.9. The highest BCUT2D eigenvalue weighted by Gasteiger charge is 2.11. The van der Waals surface area contributed by atoms with Gasteiger partial charge < -0.3 is 5.32 Å². The van der Waals surface area contributed by atoms with Crippen molar-refractivity contribution in [2.45, 2.75) is 0 Å². The molecular formula is C19H15N3. The van der Waals surface area contributed by atoms with E-state index in [2.05, 4.69) is 70.1 Å². The summed E-state index contributed by atoms with van der Waals surface area (Å²) in [5.74, 6) is 0.772. The second kappa shape index (κ2) is 5.11. The quantitative estimate of drug-likeness (QED) is 0.551. The van der Waals surface area contributed by atoms with Gasteiger partial charge in [0.2, 0.25) is 0 Å². The van der Waals surface area contributed by atoms with Crippen molar-refractivity contribution in [3.8, 4) is 11.3 Å². The van der Waals surface area contributed by atoms with Crippen molar-refractivity contribution >= 4 is 27.4 Å². The van der Waals surface area contributed by atoms with Gasteiger partial charge in [0.15, 0.2) is 0 Å². The molecule has 1 aromatic heterocycles. The molecule has 0 aliphatic heterocycles. The normalized spacial score (nSPS) is 11.0. The summed E-state index contributed by atoms with van der Waals surface area (Å²) in [7, 11) is 1.84. The summed E-state index contributed by atoms with van der Waals surface area (Å²) in [5.41, 5.74) is 2.04. The number of nitrogens with zero attached hydrogens (tertiary/aromatic N) is 2. The molecule has 0 atom stereocenters. The first kappa shape index (κ1) is 12.8. The Balaban J connectivity index is 2.11. The maximum atomic E-state index is 4.41. The average Bonchev–Trinajstić information content (AvgIpc) is 2.60. The third-order valence-corrected chi connectivity index (χ3v) is 3.95. The molecule has 4 aromatic rings. The van der Waals surface area contributed by atoms with Crippen LogP contribution in [0.5, 0.6) is 0 Å². The van der Waals surface area contributed by atoms with E-state index in [1.807, 2.05) is 19.2 Å². The lowest BCUT2D eigenvalue weighted by Gasteiger charge is -2.11. The maximum absolute atomic E-state index is 4.41. The summed E-state index contributed by atoms with van der Waals surface area (Å²) in [5, 5.41) is 16.5. The number of anilines is 1. The Kier molecular flexibility index (Phi) is 2.97. The molecule has 3 heteroatoms. The molecule has 0 bridgehead atoms. The van der Waals surface area contributed by atoms with E-state index < -0.39 is 0 Å². The molecule has 1 N–H and O–H groups in total. The molecule has 22 heavy (non-hydrogen) atoms. The highest BCUT2D eigenvalue weighted by atomic mass is 15.2. The third kappa shape index (κ3) is 1.99. The molecule has 0 saturated carbocycles. The minimum absolute atomic E-state index is 0.772. The largest absolute Gasteiger partial charge is 0.372 e. The zero-order valence-electron chi connectivity index (χ0n) is 12.2. The van der Waals surface area contributed by atoms with Crippen LogP contribution in [-0.4, -0.2) is 17.2 Å². The van der Waals surface area contributed by atoms with Crippen molar-refractivity contribution in [1.29, 1.82) is 0 Å². The Morgan fingerprint density at radius 2 is 1.36 bits per heavy atom. The van der Waals surface area contributed by atoms with E-state index in [0.717, 1.165) is 17.1 Å². The van der Waals surface area contributed by atoms with Crippen LogP contribution >= 0.6 is 0 Å². The summed E-state index contributed by atoms with van der Waals surface area (Å²) in [6, 6.07) is 23.0. The lowest BCUT2D eigenvalue weighted by molar-refractivity contribution is 1.04. The Bertz CT molecular complexity index is 905. The molecule has 0 fully saturated rings. The van der Waals surface area contributed by atoms with Crippen molar-refractivity contribution in [2.24, 2.45) is 0 Å². The Morgan fingerprint density at radius 3 is 1.91 bits per heavy atom. The monoisotopic (exact) mass is 285 g/mol. The van der Waals surface area contributed by atoms with E-state index >= 15 is 0 Å². The van der Waals surface area contributed by atoms with Gasteiger partial charge in [-0.25, -0.2) is 0 Å². The smallest absolute Gasteiger partial charge is 0.148 e. The highest BCUT2D eigenvalue weighted by molar-refractivity contribution is 6.11. The fourth-order valence-corrected chi connectivity index (χ4v) is 2.89. The predicted octanol–water partition coefficient (Wildman–Crippen LogP) is 4.49. The topological polar surface area (TPSA) is 37.8 Å². The van der Waals surface area contributed by atoms with Crippen LogP contribution in [0.15, 0.2) is 66.7 Å². The van der Waals surface area contributed by atoms with Gasteiger partial charge in [0, 0.05) is 12.6 Å². The van der Waals surface area contributed by atoms with E-state index in [0.29, 0.717) is 0 Å². The number of rotatable bonds is 2. The molecule has 1 heterocycles. The van der Waals surface area contributed by atoms with Gasteiger partial charge in [-0.1, -0.05) is 48.5 Å². The van der Waals surface area contributed by atoms with Crippen molar-refractivity contribution in [2.75, 3.05) is 12.4 Å². The molecule has 0 spiro atoms. The molecule has 0 aliphatic rings. The molecule has 4 rings (SSSR count). The fraction of sp³-hybridized carbons (Fsp3) is 0.0526. The Morgan fingerprint density at radius 1 is 0.727 bits per heavy atom. The molecule has 3 aromatic carbocycles. The number of benzene rings is 3. The van der Waals surface area contributed by atoms with Gasteiger partial charge in [-0.05, 0) is 39.7 Å². The average molecular weight is 285 g/mol. The molecule has 3 nitrogen and oxygen atoms in total. The molecule has 0 aliphatic carbocycles. The van der Waals surface area contributed by atoms with Crippen molar-refractivity contribution in [1.82, 2.24) is 10.2 Å². The second-order valence-corrected chi connectivity index (χ2v) is 5.25. The fourth-order valence-electron chi connectivity index (χ4n) is 2.89.